The summed E-state index contributed by atoms with van der Waals surface area (Å²) in [5, 5.41) is 11.0. The Kier molecular flexibility index (Phi) is 9.62. The molecule has 0 fully saturated rings. The lowest BCUT2D eigenvalue weighted by Gasteiger charge is -2.20. The van der Waals surface area contributed by atoms with Crippen molar-refractivity contribution in [3.63, 3.8) is 0 Å². The van der Waals surface area contributed by atoms with Gasteiger partial charge >= 0.3 is 6.09 Å². The minimum Gasteiger partial charge on any atom is -0.496 e. The Morgan fingerprint density at radius 1 is 0.795 bits per heavy atom. The fraction of sp³-hybridized carbons (Fsp3) is 0.182. The van der Waals surface area contributed by atoms with Crippen LogP contribution in [0, 0.1) is 0 Å². The van der Waals surface area contributed by atoms with Crippen LogP contribution in [0.1, 0.15) is 35.6 Å². The van der Waals surface area contributed by atoms with Crippen LogP contribution in [0.4, 0.5) is 4.79 Å². The SMILES string of the molecule is CC/C(=C(/c1ccc(OCCNC(=O)O)cc1)c1ccc(OCc2ccccc2)cc1OC)c1ccccc1. The highest BCUT2D eigenvalue weighted by Gasteiger charge is 2.18. The van der Waals surface area contributed by atoms with Gasteiger partial charge in [0.25, 0.3) is 0 Å². The van der Waals surface area contributed by atoms with E-state index in [4.69, 9.17) is 19.3 Å². The Morgan fingerprint density at radius 3 is 2.10 bits per heavy atom. The molecule has 6 heteroatoms. The molecule has 0 aliphatic rings. The predicted octanol–water partition coefficient (Wildman–Crippen LogP) is 7.29. The van der Waals surface area contributed by atoms with E-state index in [9.17, 15) is 4.79 Å². The highest BCUT2D eigenvalue weighted by Crippen LogP contribution is 2.40. The molecule has 2 N–H and O–H groups in total. The monoisotopic (exact) mass is 523 g/mol. The molecule has 6 nitrogen and oxygen atoms in total. The average Bonchev–Trinajstić information content (AvgIpc) is 2.98. The third-order valence-electron chi connectivity index (χ3n) is 6.26. The zero-order chi connectivity index (χ0) is 27.5. The predicted molar refractivity (Wildman–Crippen MR) is 154 cm³/mol. The largest absolute Gasteiger partial charge is 0.496 e. The molecular weight excluding hydrogens is 490 g/mol. The summed E-state index contributed by atoms with van der Waals surface area (Å²) in [5.74, 6) is 2.12. The Morgan fingerprint density at radius 2 is 1.46 bits per heavy atom. The van der Waals surface area contributed by atoms with Crippen LogP contribution < -0.4 is 19.5 Å². The lowest BCUT2D eigenvalue weighted by molar-refractivity contribution is 0.191. The number of carbonyl (C=O) groups is 1. The van der Waals surface area contributed by atoms with Crippen molar-refractivity contribution in [1.82, 2.24) is 5.32 Å². The summed E-state index contributed by atoms with van der Waals surface area (Å²) in [6, 6.07) is 34.2. The lowest BCUT2D eigenvalue weighted by atomic mass is 9.87. The summed E-state index contributed by atoms with van der Waals surface area (Å²) in [7, 11) is 1.67. The molecule has 0 aromatic heterocycles. The van der Waals surface area contributed by atoms with Gasteiger partial charge in [0.2, 0.25) is 0 Å². The first kappa shape index (κ1) is 27.3. The third kappa shape index (κ3) is 7.42. The number of allylic oxidation sites excluding steroid dienone is 1. The van der Waals surface area contributed by atoms with Gasteiger partial charge in [0, 0.05) is 11.6 Å². The standard InChI is InChI=1S/C33H33NO5/c1-3-29(25-12-8-5-9-13-25)32(26-14-16-27(17-15-26)38-21-20-34-33(35)36)30-19-18-28(22-31(30)37-2)39-23-24-10-6-4-7-11-24/h4-19,22,34H,3,20-21,23H2,1-2H3,(H,35,36)/b32-29+. The molecular formula is C33H33NO5. The number of methoxy groups -OCH3 is 1. The molecule has 4 rings (SSSR count). The van der Waals surface area contributed by atoms with Gasteiger partial charge in [-0.25, -0.2) is 4.79 Å². The van der Waals surface area contributed by atoms with Gasteiger partial charge in [0.1, 0.15) is 30.5 Å². The first-order chi connectivity index (χ1) is 19.1. The average molecular weight is 524 g/mol. The molecule has 0 bridgehead atoms. The Balaban J connectivity index is 1.69. The van der Waals surface area contributed by atoms with Crippen molar-refractivity contribution in [3.8, 4) is 17.2 Å². The molecule has 0 spiro atoms. The highest BCUT2D eigenvalue weighted by atomic mass is 16.5. The van der Waals surface area contributed by atoms with Crippen molar-refractivity contribution in [2.24, 2.45) is 0 Å². The molecule has 0 atom stereocenters. The Labute approximate surface area is 229 Å². The van der Waals surface area contributed by atoms with E-state index in [-0.39, 0.29) is 13.2 Å². The number of hydrogen-bond acceptors (Lipinski definition) is 4. The number of rotatable bonds is 12. The summed E-state index contributed by atoms with van der Waals surface area (Å²) in [6.45, 7) is 3.09. The Bertz CT molecular complexity index is 1380. The van der Waals surface area contributed by atoms with Crippen molar-refractivity contribution in [3.05, 3.63) is 125 Å². The van der Waals surface area contributed by atoms with Crippen LogP contribution in [0.5, 0.6) is 17.2 Å². The molecule has 0 unspecified atom stereocenters. The van der Waals surface area contributed by atoms with Crippen molar-refractivity contribution in [1.29, 1.82) is 0 Å². The second-order valence-electron chi connectivity index (χ2n) is 8.81. The molecule has 1 amide bonds. The van der Waals surface area contributed by atoms with Gasteiger partial charge in [-0.1, -0.05) is 79.7 Å². The quantitative estimate of drug-likeness (QED) is 0.151. The molecule has 0 saturated heterocycles. The third-order valence-corrected chi connectivity index (χ3v) is 6.26. The summed E-state index contributed by atoms with van der Waals surface area (Å²) in [6.07, 6.45) is -0.254. The zero-order valence-electron chi connectivity index (χ0n) is 22.2. The molecule has 0 radical (unpaired) electrons. The van der Waals surface area contributed by atoms with Crippen LogP contribution in [-0.2, 0) is 6.61 Å². The van der Waals surface area contributed by atoms with E-state index in [0.717, 1.165) is 45.7 Å². The zero-order valence-corrected chi connectivity index (χ0v) is 22.2. The minimum atomic E-state index is -1.07. The van der Waals surface area contributed by atoms with Crippen molar-refractivity contribution >= 4 is 17.2 Å². The van der Waals surface area contributed by atoms with Crippen molar-refractivity contribution in [2.75, 3.05) is 20.3 Å². The van der Waals surface area contributed by atoms with E-state index >= 15 is 0 Å². The summed E-state index contributed by atoms with van der Waals surface area (Å²) in [4.78, 5) is 10.7. The number of nitrogens with one attached hydrogen (secondary N) is 1. The van der Waals surface area contributed by atoms with E-state index in [1.54, 1.807) is 7.11 Å². The summed E-state index contributed by atoms with van der Waals surface area (Å²) < 4.78 is 17.7. The smallest absolute Gasteiger partial charge is 0.404 e. The number of benzene rings is 4. The minimum absolute atomic E-state index is 0.214. The molecule has 0 saturated carbocycles. The number of carboxylic acid groups (broad SMARTS) is 1. The van der Waals surface area contributed by atoms with E-state index in [1.807, 2.05) is 84.9 Å². The number of hydrogen-bond donors (Lipinski definition) is 2. The lowest BCUT2D eigenvalue weighted by Crippen LogP contribution is -2.26. The topological polar surface area (TPSA) is 77.0 Å². The number of amides is 1. The van der Waals surface area contributed by atoms with Crippen molar-refractivity contribution < 1.29 is 24.1 Å². The molecule has 39 heavy (non-hydrogen) atoms. The van der Waals surface area contributed by atoms with Gasteiger partial charge in [-0.15, -0.1) is 0 Å². The first-order valence-corrected chi connectivity index (χ1v) is 12.9. The van der Waals surface area contributed by atoms with Crippen LogP contribution in [0.2, 0.25) is 0 Å². The van der Waals surface area contributed by atoms with Gasteiger partial charge in [-0.05, 0) is 58.5 Å². The first-order valence-electron chi connectivity index (χ1n) is 12.9. The van der Waals surface area contributed by atoms with E-state index in [0.29, 0.717) is 12.4 Å². The van der Waals surface area contributed by atoms with Crippen LogP contribution in [0.15, 0.2) is 103 Å². The van der Waals surface area contributed by atoms with Crippen LogP contribution in [-0.4, -0.2) is 31.5 Å². The van der Waals surface area contributed by atoms with Crippen LogP contribution in [0.3, 0.4) is 0 Å². The van der Waals surface area contributed by atoms with Crippen LogP contribution >= 0.6 is 0 Å². The van der Waals surface area contributed by atoms with Crippen LogP contribution in [0.25, 0.3) is 11.1 Å². The van der Waals surface area contributed by atoms with Gasteiger partial charge in [-0.3, -0.25) is 0 Å². The highest BCUT2D eigenvalue weighted by molar-refractivity contribution is 6.00. The van der Waals surface area contributed by atoms with Gasteiger partial charge < -0.3 is 24.6 Å². The summed E-state index contributed by atoms with van der Waals surface area (Å²) in [5.41, 5.74) is 6.47. The Hall–Kier alpha value is -4.71. The molecule has 0 heterocycles. The second kappa shape index (κ2) is 13.7. The maximum absolute atomic E-state index is 10.7. The van der Waals surface area contributed by atoms with E-state index in [1.165, 1.54) is 5.57 Å². The van der Waals surface area contributed by atoms with E-state index < -0.39 is 6.09 Å². The normalized spacial score (nSPS) is 11.3. The molecule has 4 aromatic carbocycles. The molecule has 0 aliphatic carbocycles. The molecule has 0 aliphatic heterocycles. The second-order valence-corrected chi connectivity index (χ2v) is 8.81. The molecule has 200 valence electrons. The maximum atomic E-state index is 10.7. The maximum Gasteiger partial charge on any atom is 0.404 e. The fourth-order valence-corrected chi connectivity index (χ4v) is 4.41. The van der Waals surface area contributed by atoms with Crippen molar-refractivity contribution in [2.45, 2.75) is 20.0 Å². The number of ether oxygens (including phenoxy) is 3. The molecule has 4 aromatic rings. The fourth-order valence-electron chi connectivity index (χ4n) is 4.41. The van der Waals surface area contributed by atoms with Gasteiger partial charge in [0.05, 0.1) is 13.7 Å². The summed E-state index contributed by atoms with van der Waals surface area (Å²) >= 11 is 0. The van der Waals surface area contributed by atoms with Gasteiger partial charge in [0.15, 0.2) is 0 Å². The van der Waals surface area contributed by atoms with Gasteiger partial charge in [-0.2, -0.15) is 0 Å². The van der Waals surface area contributed by atoms with E-state index in [2.05, 4.69) is 30.4 Å².